The molecule has 6 nitrogen and oxygen atoms in total. The zero-order valence-corrected chi connectivity index (χ0v) is 16.9. The Bertz CT molecular complexity index is 868. The van der Waals surface area contributed by atoms with Crippen molar-refractivity contribution in [1.82, 2.24) is 9.80 Å². The summed E-state index contributed by atoms with van der Waals surface area (Å²) in [6.45, 7) is 4.67. The van der Waals surface area contributed by atoms with Crippen molar-refractivity contribution in [2.45, 2.75) is 13.5 Å². The second kappa shape index (κ2) is 9.71. The molecule has 0 aliphatic carbocycles. The Morgan fingerprint density at radius 1 is 1.10 bits per heavy atom. The highest BCUT2D eigenvalue weighted by Gasteiger charge is 2.22. The maximum Gasteiger partial charge on any atom is 0.260 e. The van der Waals surface area contributed by atoms with Crippen LogP contribution in [0.1, 0.15) is 12.5 Å². The van der Waals surface area contributed by atoms with Gasteiger partial charge in [0.15, 0.2) is 6.61 Å². The number of hydrogen-bond acceptors (Lipinski definition) is 4. The average molecular weight is 420 g/mol. The Labute approximate surface area is 174 Å². The van der Waals surface area contributed by atoms with E-state index in [1.165, 1.54) is 19.1 Å². The number of halogens is 2. The van der Waals surface area contributed by atoms with Crippen molar-refractivity contribution in [2.75, 3.05) is 38.1 Å². The van der Waals surface area contributed by atoms with Gasteiger partial charge in [-0.2, -0.15) is 0 Å². The van der Waals surface area contributed by atoms with Crippen LogP contribution >= 0.6 is 11.6 Å². The Hall–Kier alpha value is -2.64. The van der Waals surface area contributed by atoms with Gasteiger partial charge in [-0.05, 0) is 35.9 Å². The largest absolute Gasteiger partial charge is 0.482 e. The number of benzene rings is 2. The molecule has 1 fully saturated rings. The molecule has 0 atom stereocenters. The molecular formula is C21H23ClFN3O3. The normalized spacial score (nSPS) is 14.5. The number of nitrogens with one attached hydrogen (secondary N) is 1. The minimum Gasteiger partial charge on any atom is -0.482 e. The molecule has 0 unspecified atom stereocenters. The van der Waals surface area contributed by atoms with Gasteiger partial charge in [0, 0.05) is 44.7 Å². The topological polar surface area (TPSA) is 61.9 Å². The summed E-state index contributed by atoms with van der Waals surface area (Å²) in [6.07, 6.45) is 0. The number of nitrogens with zero attached hydrogens (tertiary/aromatic N) is 2. The van der Waals surface area contributed by atoms with Gasteiger partial charge < -0.3 is 15.0 Å². The predicted octanol–water partition coefficient (Wildman–Crippen LogP) is 3.16. The number of rotatable bonds is 6. The first kappa shape index (κ1) is 21.1. The van der Waals surface area contributed by atoms with Crippen molar-refractivity contribution in [3.63, 3.8) is 0 Å². The van der Waals surface area contributed by atoms with Gasteiger partial charge >= 0.3 is 0 Å². The number of anilines is 1. The molecule has 1 aliphatic heterocycles. The van der Waals surface area contributed by atoms with Gasteiger partial charge in [-0.25, -0.2) is 4.39 Å². The zero-order valence-electron chi connectivity index (χ0n) is 16.2. The van der Waals surface area contributed by atoms with Crippen molar-refractivity contribution in [1.29, 1.82) is 0 Å². The lowest BCUT2D eigenvalue weighted by Crippen LogP contribution is -2.49. The van der Waals surface area contributed by atoms with Crippen LogP contribution in [0.5, 0.6) is 5.75 Å². The monoisotopic (exact) mass is 419 g/mol. The molecule has 2 amide bonds. The molecule has 1 aliphatic rings. The van der Waals surface area contributed by atoms with Crippen LogP contribution in [0.2, 0.25) is 5.02 Å². The lowest BCUT2D eigenvalue weighted by molar-refractivity contribution is -0.135. The summed E-state index contributed by atoms with van der Waals surface area (Å²) < 4.78 is 18.6. The maximum atomic E-state index is 13.0. The highest BCUT2D eigenvalue weighted by atomic mass is 35.5. The molecular weight excluding hydrogens is 397 g/mol. The van der Waals surface area contributed by atoms with Gasteiger partial charge in [-0.15, -0.1) is 0 Å². The van der Waals surface area contributed by atoms with E-state index in [9.17, 15) is 14.0 Å². The van der Waals surface area contributed by atoms with E-state index < -0.39 is 0 Å². The number of ether oxygens (including phenoxy) is 1. The van der Waals surface area contributed by atoms with Crippen molar-refractivity contribution in [3.05, 3.63) is 58.9 Å². The van der Waals surface area contributed by atoms with Crippen molar-refractivity contribution in [3.8, 4) is 5.75 Å². The van der Waals surface area contributed by atoms with Crippen LogP contribution in [-0.4, -0.2) is 54.4 Å². The lowest BCUT2D eigenvalue weighted by atomic mass is 10.2. The average Bonchev–Trinajstić information content (AvgIpc) is 2.69. The highest BCUT2D eigenvalue weighted by molar-refractivity contribution is 6.31. The standard InChI is InChI=1S/C21H23ClFN3O3/c1-15(27)24-19-12-17(22)4-7-20(19)29-14-21(28)26-10-8-25(9-11-26)13-16-2-5-18(23)6-3-16/h2-7,12H,8-11,13-14H2,1H3,(H,24,27). The summed E-state index contributed by atoms with van der Waals surface area (Å²) in [5.41, 5.74) is 1.48. The van der Waals surface area contributed by atoms with Gasteiger partial charge in [-0.3, -0.25) is 14.5 Å². The minimum absolute atomic E-state index is 0.116. The van der Waals surface area contributed by atoms with Crippen LogP contribution in [0, 0.1) is 5.82 Å². The fraction of sp³-hybridized carbons (Fsp3) is 0.333. The molecule has 0 saturated carbocycles. The van der Waals surface area contributed by atoms with Crippen molar-refractivity contribution < 1.29 is 18.7 Å². The van der Waals surface area contributed by atoms with Crippen LogP contribution in [-0.2, 0) is 16.1 Å². The second-order valence-electron chi connectivity index (χ2n) is 6.89. The first-order chi connectivity index (χ1) is 13.9. The van der Waals surface area contributed by atoms with Crippen molar-refractivity contribution >= 4 is 29.1 Å². The van der Waals surface area contributed by atoms with E-state index in [0.717, 1.165) is 25.2 Å². The maximum absolute atomic E-state index is 13.0. The molecule has 29 heavy (non-hydrogen) atoms. The predicted molar refractivity (Wildman–Crippen MR) is 110 cm³/mol. The van der Waals surface area contributed by atoms with E-state index in [0.29, 0.717) is 29.5 Å². The fourth-order valence-corrected chi connectivity index (χ4v) is 3.32. The van der Waals surface area contributed by atoms with E-state index in [1.807, 2.05) is 0 Å². The lowest BCUT2D eigenvalue weighted by Gasteiger charge is -2.34. The molecule has 0 spiro atoms. The summed E-state index contributed by atoms with van der Waals surface area (Å²) in [6, 6.07) is 11.3. The van der Waals surface area contributed by atoms with Crippen LogP contribution in [0.25, 0.3) is 0 Å². The molecule has 154 valence electrons. The van der Waals surface area contributed by atoms with E-state index in [1.54, 1.807) is 35.2 Å². The third kappa shape index (κ3) is 6.17. The van der Waals surface area contributed by atoms with Gasteiger partial charge in [0.25, 0.3) is 5.91 Å². The molecule has 0 aromatic heterocycles. The SMILES string of the molecule is CC(=O)Nc1cc(Cl)ccc1OCC(=O)N1CCN(Cc2ccc(F)cc2)CC1. The Balaban J connectivity index is 1.49. The van der Waals surface area contributed by atoms with E-state index in [-0.39, 0.29) is 24.2 Å². The summed E-state index contributed by atoms with van der Waals surface area (Å²) in [5, 5.41) is 3.11. The smallest absolute Gasteiger partial charge is 0.260 e. The molecule has 8 heteroatoms. The Morgan fingerprint density at radius 2 is 1.79 bits per heavy atom. The third-order valence-corrected chi connectivity index (χ3v) is 4.88. The van der Waals surface area contributed by atoms with Crippen LogP contribution in [0.4, 0.5) is 10.1 Å². The molecule has 3 rings (SSSR count). The van der Waals surface area contributed by atoms with Gasteiger partial charge in [0.2, 0.25) is 5.91 Å². The summed E-state index contributed by atoms with van der Waals surface area (Å²) in [5.74, 6) is -0.213. The first-order valence-corrected chi connectivity index (χ1v) is 9.73. The van der Waals surface area contributed by atoms with Crippen LogP contribution < -0.4 is 10.1 Å². The second-order valence-corrected chi connectivity index (χ2v) is 7.33. The van der Waals surface area contributed by atoms with Crippen LogP contribution in [0.15, 0.2) is 42.5 Å². The Morgan fingerprint density at radius 3 is 2.45 bits per heavy atom. The van der Waals surface area contributed by atoms with E-state index in [4.69, 9.17) is 16.3 Å². The molecule has 2 aromatic carbocycles. The molecule has 0 bridgehead atoms. The van der Waals surface area contributed by atoms with Crippen LogP contribution in [0.3, 0.4) is 0 Å². The minimum atomic E-state index is -0.249. The molecule has 1 heterocycles. The van der Waals surface area contributed by atoms with Gasteiger partial charge in [0.1, 0.15) is 11.6 Å². The molecule has 0 radical (unpaired) electrons. The molecule has 1 saturated heterocycles. The highest BCUT2D eigenvalue weighted by Crippen LogP contribution is 2.28. The zero-order chi connectivity index (χ0) is 20.8. The fourth-order valence-electron chi connectivity index (χ4n) is 3.15. The number of hydrogen-bond donors (Lipinski definition) is 1. The molecule has 2 aromatic rings. The number of carbonyl (C=O) groups is 2. The van der Waals surface area contributed by atoms with Gasteiger partial charge in [0.05, 0.1) is 5.69 Å². The van der Waals surface area contributed by atoms with E-state index >= 15 is 0 Å². The summed E-state index contributed by atoms with van der Waals surface area (Å²) in [4.78, 5) is 27.8. The number of amides is 2. The Kier molecular flexibility index (Phi) is 7.06. The quantitative estimate of drug-likeness (QED) is 0.781. The summed E-state index contributed by atoms with van der Waals surface area (Å²) in [7, 11) is 0. The van der Waals surface area contributed by atoms with Crippen molar-refractivity contribution in [2.24, 2.45) is 0 Å². The van der Waals surface area contributed by atoms with E-state index in [2.05, 4.69) is 10.2 Å². The first-order valence-electron chi connectivity index (χ1n) is 9.35. The van der Waals surface area contributed by atoms with Gasteiger partial charge in [-0.1, -0.05) is 23.7 Å². The molecule has 1 N–H and O–H groups in total. The summed E-state index contributed by atoms with van der Waals surface area (Å²) >= 11 is 5.96. The number of piperazine rings is 1. The number of carbonyl (C=O) groups excluding carboxylic acids is 2. The third-order valence-electron chi connectivity index (χ3n) is 4.65.